The molecule has 0 bridgehead atoms. The molecule has 0 radical (unpaired) electrons. The second-order valence-electron chi connectivity index (χ2n) is 5.38. The number of halogens is 1. The number of rotatable bonds is 1. The van der Waals surface area contributed by atoms with Crippen molar-refractivity contribution >= 4 is 15.9 Å². The van der Waals surface area contributed by atoms with Crippen molar-refractivity contribution in [2.24, 2.45) is 11.3 Å². The smallest absolute Gasteiger partial charge is 0.0146 e. The molecule has 1 aliphatic carbocycles. The van der Waals surface area contributed by atoms with E-state index >= 15 is 0 Å². The SMILES string of the molecule is CC(C)(C)CC1CCC(Br)CC1. The van der Waals surface area contributed by atoms with Crippen LogP contribution in [0.25, 0.3) is 0 Å². The Hall–Kier alpha value is 0.480. The zero-order valence-electron chi connectivity index (χ0n) is 8.57. The van der Waals surface area contributed by atoms with Crippen molar-refractivity contribution in [3.63, 3.8) is 0 Å². The van der Waals surface area contributed by atoms with Gasteiger partial charge in [0.2, 0.25) is 0 Å². The molecule has 0 aliphatic heterocycles. The minimum Gasteiger partial charge on any atom is -0.0891 e. The van der Waals surface area contributed by atoms with Crippen LogP contribution in [0.3, 0.4) is 0 Å². The van der Waals surface area contributed by atoms with Crippen LogP contribution in [-0.4, -0.2) is 4.83 Å². The molecular formula is C11H21Br. The van der Waals surface area contributed by atoms with Crippen LogP contribution in [0, 0.1) is 11.3 Å². The predicted octanol–water partition coefficient (Wildman–Crippen LogP) is 4.38. The van der Waals surface area contributed by atoms with E-state index in [1.165, 1.54) is 32.1 Å². The fourth-order valence-electron chi connectivity index (χ4n) is 2.19. The van der Waals surface area contributed by atoms with Crippen LogP contribution in [0.5, 0.6) is 0 Å². The third-order valence-corrected chi connectivity index (χ3v) is 3.59. The predicted molar refractivity (Wildman–Crippen MR) is 58.7 cm³/mol. The van der Waals surface area contributed by atoms with E-state index in [4.69, 9.17) is 0 Å². The second kappa shape index (κ2) is 4.13. The van der Waals surface area contributed by atoms with E-state index < -0.39 is 0 Å². The molecule has 0 N–H and O–H groups in total. The minimum atomic E-state index is 0.532. The highest BCUT2D eigenvalue weighted by molar-refractivity contribution is 9.09. The molecule has 0 aromatic rings. The van der Waals surface area contributed by atoms with E-state index in [1.807, 2.05) is 0 Å². The summed E-state index contributed by atoms with van der Waals surface area (Å²) in [5.74, 6) is 0.999. The lowest BCUT2D eigenvalue weighted by Crippen LogP contribution is -2.19. The van der Waals surface area contributed by atoms with Crippen LogP contribution < -0.4 is 0 Å². The monoisotopic (exact) mass is 232 g/mol. The summed E-state index contributed by atoms with van der Waals surface area (Å²) in [5, 5.41) is 0. The summed E-state index contributed by atoms with van der Waals surface area (Å²) in [5.41, 5.74) is 0.532. The van der Waals surface area contributed by atoms with Gasteiger partial charge >= 0.3 is 0 Å². The molecule has 0 nitrogen and oxygen atoms in total. The maximum atomic E-state index is 3.70. The fraction of sp³-hybridized carbons (Fsp3) is 1.00. The zero-order valence-corrected chi connectivity index (χ0v) is 10.2. The molecule has 0 atom stereocenters. The van der Waals surface area contributed by atoms with Gasteiger partial charge in [0, 0.05) is 4.83 Å². The molecule has 72 valence electrons. The highest BCUT2D eigenvalue weighted by Crippen LogP contribution is 2.35. The van der Waals surface area contributed by atoms with Crippen LogP contribution in [-0.2, 0) is 0 Å². The third kappa shape index (κ3) is 3.93. The molecule has 0 aromatic carbocycles. The van der Waals surface area contributed by atoms with Gasteiger partial charge in [0.05, 0.1) is 0 Å². The van der Waals surface area contributed by atoms with Crippen LogP contribution in [0.2, 0.25) is 0 Å². The summed E-state index contributed by atoms with van der Waals surface area (Å²) in [4.78, 5) is 0.814. The summed E-state index contributed by atoms with van der Waals surface area (Å²) < 4.78 is 0. The molecule has 12 heavy (non-hydrogen) atoms. The van der Waals surface area contributed by atoms with E-state index in [9.17, 15) is 0 Å². The third-order valence-electron chi connectivity index (χ3n) is 2.68. The van der Waals surface area contributed by atoms with Gasteiger partial charge in [0.25, 0.3) is 0 Å². The van der Waals surface area contributed by atoms with Crippen molar-refractivity contribution in [1.82, 2.24) is 0 Å². The Balaban J connectivity index is 2.26. The van der Waals surface area contributed by atoms with Crippen molar-refractivity contribution in [2.45, 2.75) is 57.7 Å². The van der Waals surface area contributed by atoms with Gasteiger partial charge in [0.15, 0.2) is 0 Å². The summed E-state index contributed by atoms with van der Waals surface area (Å²) >= 11 is 3.70. The summed E-state index contributed by atoms with van der Waals surface area (Å²) in [6.45, 7) is 7.06. The van der Waals surface area contributed by atoms with Gasteiger partial charge in [-0.1, -0.05) is 36.7 Å². The number of hydrogen-bond donors (Lipinski definition) is 0. The van der Waals surface area contributed by atoms with Gasteiger partial charge < -0.3 is 0 Å². The van der Waals surface area contributed by atoms with E-state index in [0.29, 0.717) is 5.41 Å². The lowest BCUT2D eigenvalue weighted by Gasteiger charge is -2.30. The first kappa shape index (κ1) is 10.6. The van der Waals surface area contributed by atoms with E-state index in [2.05, 4.69) is 36.7 Å². The Morgan fingerprint density at radius 2 is 1.58 bits per heavy atom. The summed E-state index contributed by atoms with van der Waals surface area (Å²) in [6, 6.07) is 0. The number of hydrogen-bond acceptors (Lipinski definition) is 0. The first-order chi connectivity index (χ1) is 5.47. The molecule has 0 unspecified atom stereocenters. The van der Waals surface area contributed by atoms with E-state index in [0.717, 1.165) is 10.7 Å². The van der Waals surface area contributed by atoms with Crippen molar-refractivity contribution in [3.8, 4) is 0 Å². The molecule has 0 spiro atoms. The maximum absolute atomic E-state index is 3.70. The Morgan fingerprint density at radius 1 is 1.08 bits per heavy atom. The Labute approximate surface area is 85.3 Å². The van der Waals surface area contributed by atoms with Crippen LogP contribution in [0.15, 0.2) is 0 Å². The molecular weight excluding hydrogens is 212 g/mol. The van der Waals surface area contributed by atoms with E-state index in [-0.39, 0.29) is 0 Å². The second-order valence-corrected chi connectivity index (χ2v) is 6.68. The Bertz CT molecular complexity index is 126. The lowest BCUT2D eigenvalue weighted by atomic mass is 9.78. The first-order valence-electron chi connectivity index (χ1n) is 5.11. The molecule has 0 saturated heterocycles. The average molecular weight is 233 g/mol. The van der Waals surface area contributed by atoms with Gasteiger partial charge in [-0.25, -0.2) is 0 Å². The van der Waals surface area contributed by atoms with Crippen molar-refractivity contribution in [2.75, 3.05) is 0 Å². The average Bonchev–Trinajstić information content (AvgIpc) is 1.91. The Kier molecular flexibility index (Phi) is 3.63. The fourth-order valence-corrected chi connectivity index (χ4v) is 2.72. The lowest BCUT2D eigenvalue weighted by molar-refractivity contribution is 0.243. The number of alkyl halides is 1. The van der Waals surface area contributed by atoms with Crippen molar-refractivity contribution in [3.05, 3.63) is 0 Å². The summed E-state index contributed by atoms with van der Waals surface area (Å²) in [6.07, 6.45) is 7.06. The molecule has 0 amide bonds. The largest absolute Gasteiger partial charge is 0.0891 e. The van der Waals surface area contributed by atoms with E-state index in [1.54, 1.807) is 0 Å². The van der Waals surface area contributed by atoms with Crippen LogP contribution >= 0.6 is 15.9 Å². The Morgan fingerprint density at radius 3 is 2.00 bits per heavy atom. The molecule has 1 saturated carbocycles. The molecule has 0 heterocycles. The molecule has 0 aromatic heterocycles. The molecule has 1 aliphatic rings. The van der Waals surface area contributed by atoms with Crippen LogP contribution in [0.1, 0.15) is 52.9 Å². The zero-order chi connectivity index (χ0) is 9.19. The van der Waals surface area contributed by atoms with Crippen LogP contribution in [0.4, 0.5) is 0 Å². The molecule has 1 fully saturated rings. The summed E-state index contributed by atoms with van der Waals surface area (Å²) in [7, 11) is 0. The quantitative estimate of drug-likeness (QED) is 0.590. The molecule has 1 heteroatoms. The maximum Gasteiger partial charge on any atom is 0.0146 e. The normalized spacial score (nSPS) is 32.0. The van der Waals surface area contributed by atoms with Gasteiger partial charge in [-0.15, -0.1) is 0 Å². The topological polar surface area (TPSA) is 0 Å². The highest BCUT2D eigenvalue weighted by atomic mass is 79.9. The standard InChI is InChI=1S/C11H21Br/c1-11(2,3)8-9-4-6-10(12)7-5-9/h9-10H,4-8H2,1-3H3. The van der Waals surface area contributed by atoms with Gasteiger partial charge in [-0.3, -0.25) is 0 Å². The van der Waals surface area contributed by atoms with Gasteiger partial charge in [0.1, 0.15) is 0 Å². The van der Waals surface area contributed by atoms with Crippen molar-refractivity contribution in [1.29, 1.82) is 0 Å². The molecule has 1 rings (SSSR count). The minimum absolute atomic E-state index is 0.532. The van der Waals surface area contributed by atoms with Crippen molar-refractivity contribution < 1.29 is 0 Å². The van der Waals surface area contributed by atoms with Gasteiger partial charge in [-0.2, -0.15) is 0 Å². The highest BCUT2D eigenvalue weighted by Gasteiger charge is 2.23. The first-order valence-corrected chi connectivity index (χ1v) is 6.03. The van der Waals surface area contributed by atoms with Gasteiger partial charge in [-0.05, 0) is 43.4 Å².